The van der Waals surface area contributed by atoms with Crippen LogP contribution in [0.4, 0.5) is 0 Å². The first-order valence-electron chi connectivity index (χ1n) is 14.5. The van der Waals surface area contributed by atoms with Gasteiger partial charge in [-0.1, -0.05) is 55.4 Å². The van der Waals surface area contributed by atoms with E-state index in [0.717, 1.165) is 6.54 Å². The Morgan fingerprint density at radius 1 is 0.784 bits per heavy atom. The maximum Gasteiger partial charge on any atom is 0.326 e. The lowest BCUT2D eigenvalue weighted by molar-refractivity contribution is -0.153. The van der Waals surface area contributed by atoms with Crippen LogP contribution in [0.5, 0.6) is 0 Å². The van der Waals surface area contributed by atoms with Crippen LogP contribution in [0.1, 0.15) is 81.1 Å². The van der Waals surface area contributed by atoms with Crippen molar-refractivity contribution < 1.29 is 24.6 Å². The number of nitrogens with zero attached hydrogens (tertiary/aromatic N) is 2. The molecule has 0 bridgehead atoms. The number of aliphatic carboxylic acids is 1. The second-order valence-electron chi connectivity index (χ2n) is 15.4. The minimum atomic E-state index is -0.814. The summed E-state index contributed by atoms with van der Waals surface area (Å²) in [4.78, 5) is 40.3. The van der Waals surface area contributed by atoms with Gasteiger partial charge in [0.2, 0.25) is 11.8 Å². The number of fused-ring (bicyclic) bond motifs is 6. The number of carbonyl (C=O) groups is 3. The van der Waals surface area contributed by atoms with Gasteiger partial charge >= 0.3 is 5.97 Å². The number of aliphatic hydroxyl groups is 1. The normalized spacial score (nSPS) is 36.8. The van der Waals surface area contributed by atoms with Crippen LogP contribution in [0.3, 0.4) is 0 Å². The third-order valence-corrected chi connectivity index (χ3v) is 11.7. The second kappa shape index (κ2) is 8.19. The fourth-order valence-corrected chi connectivity index (χ4v) is 7.98. The Balaban J connectivity index is 0.000000152. The summed E-state index contributed by atoms with van der Waals surface area (Å²) < 4.78 is 0. The highest BCUT2D eigenvalue weighted by molar-refractivity contribution is 5.87. The van der Waals surface area contributed by atoms with Crippen molar-refractivity contribution in [3.63, 3.8) is 0 Å². The van der Waals surface area contributed by atoms with Crippen LogP contribution in [0.15, 0.2) is 0 Å². The average molecular weight is 517 g/mol. The van der Waals surface area contributed by atoms with Gasteiger partial charge < -0.3 is 20.0 Å². The molecule has 2 amide bonds. The SMILES string of the molecule is C[C@H](C(=O)N1CC2[C@@H]([C@H]1C(=O)O)C21CC1)C(C)(C)C.C[C@H](C(=O)N1CC2[C@@H]([C@H]1CO)C21CC1)C(C)(C)C. The molecule has 2 aliphatic heterocycles. The van der Waals surface area contributed by atoms with Crippen molar-refractivity contribution in [2.75, 3.05) is 19.7 Å². The Morgan fingerprint density at radius 3 is 1.59 bits per heavy atom. The molecule has 0 aromatic rings. The third kappa shape index (κ3) is 4.04. The Kier molecular flexibility index (Phi) is 5.97. The van der Waals surface area contributed by atoms with Crippen molar-refractivity contribution in [1.29, 1.82) is 0 Å². The molecule has 4 saturated carbocycles. The Bertz CT molecular complexity index is 985. The molecule has 2 saturated heterocycles. The average Bonchev–Trinajstić information content (AvgIpc) is 3.79. The fraction of sp³-hybridized carbons (Fsp3) is 0.900. The van der Waals surface area contributed by atoms with Crippen molar-refractivity contribution >= 4 is 17.8 Å². The predicted octanol–water partition coefficient (Wildman–Crippen LogP) is 3.89. The third-order valence-electron chi connectivity index (χ3n) is 11.7. The number of carbonyl (C=O) groups excluding carboxylic acids is 2. The molecule has 2 unspecified atom stereocenters. The monoisotopic (exact) mass is 516 g/mol. The first-order chi connectivity index (χ1) is 17.0. The summed E-state index contributed by atoms with van der Waals surface area (Å²) in [7, 11) is 0. The molecule has 0 radical (unpaired) electrons. The number of carboxylic acids is 1. The molecule has 0 aromatic carbocycles. The Labute approximate surface area is 222 Å². The van der Waals surface area contributed by atoms with E-state index in [9.17, 15) is 24.6 Å². The number of rotatable bonds is 4. The van der Waals surface area contributed by atoms with Crippen molar-refractivity contribution in [2.24, 2.45) is 57.2 Å². The van der Waals surface area contributed by atoms with E-state index < -0.39 is 12.0 Å². The number of hydrogen-bond acceptors (Lipinski definition) is 4. The standard InChI is InChI=1S/C15H23NO3.C15H25NO2/c1-8(14(2,3)4)12(17)16-7-9-10(11(16)13(18)19)15(9)5-6-15;1-9(14(2,3)4)13(18)16-7-10-12(11(16)8-17)15(10)5-6-15/h8-11H,5-7H2,1-4H3,(H,18,19);9-12,17H,5-8H2,1-4H3/t8-,9?,10+,11+;9-,10?,11-,12+/m11/s1. The molecule has 6 fully saturated rings. The highest BCUT2D eigenvalue weighted by Gasteiger charge is 2.79. The van der Waals surface area contributed by atoms with E-state index >= 15 is 0 Å². The van der Waals surface area contributed by atoms with E-state index in [0.29, 0.717) is 35.1 Å². The summed E-state index contributed by atoms with van der Waals surface area (Å²) >= 11 is 0. The number of hydrogen-bond donors (Lipinski definition) is 2. The molecule has 6 aliphatic rings. The minimum Gasteiger partial charge on any atom is -0.480 e. The topological polar surface area (TPSA) is 98.2 Å². The van der Waals surface area contributed by atoms with Gasteiger partial charge in [0.15, 0.2) is 0 Å². The second-order valence-corrected chi connectivity index (χ2v) is 15.4. The Morgan fingerprint density at radius 2 is 1.19 bits per heavy atom. The first kappa shape index (κ1) is 27.0. The maximum absolute atomic E-state index is 12.6. The van der Waals surface area contributed by atoms with Crippen molar-refractivity contribution in [3.05, 3.63) is 0 Å². The van der Waals surface area contributed by atoms with Crippen molar-refractivity contribution in [2.45, 2.75) is 93.2 Å². The maximum atomic E-state index is 12.6. The molecule has 0 aromatic heterocycles. The summed E-state index contributed by atoms with van der Waals surface area (Å²) in [6.45, 7) is 18.1. The summed E-state index contributed by atoms with van der Waals surface area (Å²) in [6, 6.07) is -0.459. The zero-order valence-corrected chi connectivity index (χ0v) is 24.1. The molecule has 208 valence electrons. The van der Waals surface area contributed by atoms with Crippen molar-refractivity contribution in [3.8, 4) is 0 Å². The van der Waals surface area contributed by atoms with E-state index in [1.165, 1.54) is 25.7 Å². The molecule has 6 rings (SSSR count). The van der Waals surface area contributed by atoms with Crippen LogP contribution >= 0.6 is 0 Å². The molecule has 7 nitrogen and oxygen atoms in total. The highest BCUT2D eigenvalue weighted by Crippen LogP contribution is 2.79. The molecule has 37 heavy (non-hydrogen) atoms. The first-order valence-corrected chi connectivity index (χ1v) is 14.5. The van der Waals surface area contributed by atoms with Gasteiger partial charge in [0.1, 0.15) is 6.04 Å². The molecule has 2 spiro atoms. The lowest BCUT2D eigenvalue weighted by Crippen LogP contribution is -2.48. The highest BCUT2D eigenvalue weighted by atomic mass is 16.4. The van der Waals surface area contributed by atoms with Gasteiger partial charge in [-0.15, -0.1) is 0 Å². The van der Waals surface area contributed by atoms with Crippen molar-refractivity contribution in [1.82, 2.24) is 9.80 Å². The summed E-state index contributed by atoms with van der Waals surface area (Å²) in [5.74, 6) is 1.34. The smallest absolute Gasteiger partial charge is 0.326 e. The van der Waals surface area contributed by atoms with Gasteiger partial charge in [-0.05, 0) is 65.1 Å². The van der Waals surface area contributed by atoms with Gasteiger partial charge in [-0.2, -0.15) is 0 Å². The molecular formula is C30H48N2O5. The molecule has 7 heteroatoms. The van der Waals surface area contributed by atoms with Gasteiger partial charge in [0.05, 0.1) is 12.6 Å². The largest absolute Gasteiger partial charge is 0.480 e. The number of piperidine rings is 2. The van der Waals surface area contributed by atoms with Crippen LogP contribution in [0, 0.1) is 57.2 Å². The van der Waals surface area contributed by atoms with Gasteiger partial charge in [0, 0.05) is 30.8 Å². The van der Waals surface area contributed by atoms with Gasteiger partial charge in [-0.25, -0.2) is 4.79 Å². The van der Waals surface area contributed by atoms with E-state index in [4.69, 9.17) is 0 Å². The van der Waals surface area contributed by atoms with Crippen LogP contribution in [-0.4, -0.2) is 69.6 Å². The Hall–Kier alpha value is -1.63. The summed E-state index contributed by atoms with van der Waals surface area (Å²) in [5.41, 5.74) is 0.769. The van der Waals surface area contributed by atoms with E-state index in [1.807, 2.05) is 39.5 Å². The van der Waals surface area contributed by atoms with Gasteiger partial charge in [-0.3, -0.25) is 9.59 Å². The molecular weight excluding hydrogens is 468 g/mol. The molecule has 2 heterocycles. The zero-order chi connectivity index (χ0) is 27.5. The summed E-state index contributed by atoms with van der Waals surface area (Å²) in [5, 5.41) is 19.1. The van der Waals surface area contributed by atoms with Crippen LogP contribution < -0.4 is 0 Å². The number of amides is 2. The van der Waals surface area contributed by atoms with Crippen LogP contribution in [0.25, 0.3) is 0 Å². The minimum absolute atomic E-state index is 0.00113. The van der Waals surface area contributed by atoms with E-state index in [1.54, 1.807) is 4.90 Å². The lowest BCUT2D eigenvalue weighted by atomic mass is 9.81. The van der Waals surface area contributed by atoms with Crippen LogP contribution in [-0.2, 0) is 14.4 Å². The molecule has 4 aliphatic carbocycles. The van der Waals surface area contributed by atoms with E-state index in [-0.39, 0.29) is 53.0 Å². The lowest BCUT2D eigenvalue weighted by Gasteiger charge is -2.35. The number of likely N-dealkylation sites (tertiary alicyclic amines) is 2. The fourth-order valence-electron chi connectivity index (χ4n) is 7.98. The number of carboxylic acid groups (broad SMARTS) is 1. The van der Waals surface area contributed by atoms with Crippen LogP contribution in [0.2, 0.25) is 0 Å². The summed E-state index contributed by atoms with van der Waals surface area (Å²) in [6.07, 6.45) is 5.00. The number of aliphatic hydroxyl groups excluding tert-OH is 1. The zero-order valence-electron chi connectivity index (χ0n) is 24.1. The molecule has 8 atom stereocenters. The predicted molar refractivity (Wildman–Crippen MR) is 140 cm³/mol. The quantitative estimate of drug-likeness (QED) is 0.591. The molecule has 2 N–H and O–H groups in total. The van der Waals surface area contributed by atoms with Gasteiger partial charge in [0.25, 0.3) is 0 Å². The van der Waals surface area contributed by atoms with E-state index in [2.05, 4.69) is 20.8 Å².